The molecule has 1 fully saturated rings. The van der Waals surface area contributed by atoms with Crippen LogP contribution in [0.3, 0.4) is 0 Å². The first kappa shape index (κ1) is 18.0. The van der Waals surface area contributed by atoms with Gasteiger partial charge in [-0.2, -0.15) is 0 Å². The molecule has 1 aliphatic carbocycles. The van der Waals surface area contributed by atoms with Crippen molar-refractivity contribution in [2.45, 2.75) is 85.5 Å². The monoisotopic (exact) mass is 308 g/mol. The molecule has 0 N–H and O–H groups in total. The van der Waals surface area contributed by atoms with Gasteiger partial charge in [0.1, 0.15) is 0 Å². The molecule has 0 saturated carbocycles. The molecule has 2 rings (SSSR count). The maximum Gasteiger partial charge on any atom is 0.157 e. The van der Waals surface area contributed by atoms with Gasteiger partial charge in [0.25, 0.3) is 0 Å². The van der Waals surface area contributed by atoms with Crippen LogP contribution >= 0.6 is 0 Å². The highest BCUT2D eigenvalue weighted by Gasteiger charge is 2.31. The Morgan fingerprint density at radius 2 is 1.82 bits per heavy atom. The Hall–Kier alpha value is -0.340. The second-order valence-electron chi connectivity index (χ2n) is 7.99. The summed E-state index contributed by atoms with van der Waals surface area (Å²) in [7, 11) is 0. The van der Waals surface area contributed by atoms with Gasteiger partial charge in [-0.25, -0.2) is 0 Å². The van der Waals surface area contributed by atoms with Gasteiger partial charge in [-0.05, 0) is 62.2 Å². The summed E-state index contributed by atoms with van der Waals surface area (Å²) in [5.74, 6) is 2.86. The Morgan fingerprint density at radius 3 is 2.41 bits per heavy atom. The van der Waals surface area contributed by atoms with Gasteiger partial charge in [-0.3, -0.25) is 0 Å². The minimum Gasteiger partial charge on any atom is -0.353 e. The molecule has 0 aromatic carbocycles. The molecule has 22 heavy (non-hydrogen) atoms. The normalized spacial score (nSPS) is 29.5. The van der Waals surface area contributed by atoms with Crippen molar-refractivity contribution < 1.29 is 9.47 Å². The second-order valence-corrected chi connectivity index (χ2v) is 7.99. The van der Waals surface area contributed by atoms with Crippen molar-refractivity contribution in [1.82, 2.24) is 0 Å². The van der Waals surface area contributed by atoms with Crippen molar-refractivity contribution in [1.29, 1.82) is 0 Å². The van der Waals surface area contributed by atoms with Crippen LogP contribution in [0.15, 0.2) is 11.6 Å². The summed E-state index contributed by atoms with van der Waals surface area (Å²) in [6, 6.07) is 0. The lowest BCUT2D eigenvalue weighted by Gasteiger charge is -2.37. The molecule has 128 valence electrons. The van der Waals surface area contributed by atoms with E-state index in [9.17, 15) is 0 Å². The molecule has 0 aromatic heterocycles. The van der Waals surface area contributed by atoms with Crippen LogP contribution in [0.1, 0.15) is 73.1 Å². The van der Waals surface area contributed by atoms with E-state index < -0.39 is 0 Å². The van der Waals surface area contributed by atoms with Crippen LogP contribution in [0.4, 0.5) is 0 Å². The van der Waals surface area contributed by atoms with E-state index in [2.05, 4.69) is 40.7 Å². The molecule has 1 heterocycles. The zero-order chi connectivity index (χ0) is 16.1. The SMILES string of the molecule is CC(C)C(C)C(C1=CCCC(OC2CCCCO2)C1)C(C)C. The Kier molecular flexibility index (Phi) is 6.95. The summed E-state index contributed by atoms with van der Waals surface area (Å²) in [6.45, 7) is 12.8. The van der Waals surface area contributed by atoms with E-state index in [0.29, 0.717) is 17.9 Å². The van der Waals surface area contributed by atoms with Gasteiger partial charge in [0, 0.05) is 6.61 Å². The molecule has 0 radical (unpaired) electrons. The standard InChI is InChI=1S/C20H36O2/c1-14(2)16(5)20(15(3)4)17-9-8-10-18(13-17)22-19-11-6-7-12-21-19/h9,14-16,18-20H,6-8,10-13H2,1-5H3. The molecule has 4 atom stereocenters. The summed E-state index contributed by atoms with van der Waals surface area (Å²) in [5.41, 5.74) is 1.64. The molecular formula is C20H36O2. The molecule has 0 spiro atoms. The number of rotatable bonds is 6. The fraction of sp³-hybridized carbons (Fsp3) is 0.900. The zero-order valence-corrected chi connectivity index (χ0v) is 15.3. The van der Waals surface area contributed by atoms with Gasteiger partial charge in [-0.1, -0.05) is 46.3 Å². The van der Waals surface area contributed by atoms with E-state index >= 15 is 0 Å². The van der Waals surface area contributed by atoms with E-state index in [1.807, 2.05) is 0 Å². The first-order chi connectivity index (χ1) is 10.5. The van der Waals surface area contributed by atoms with Gasteiger partial charge in [0.15, 0.2) is 6.29 Å². The smallest absolute Gasteiger partial charge is 0.157 e. The van der Waals surface area contributed by atoms with Crippen LogP contribution in [0.2, 0.25) is 0 Å². The number of allylic oxidation sites excluding steroid dienone is 1. The number of hydrogen-bond acceptors (Lipinski definition) is 2. The quantitative estimate of drug-likeness (QED) is 0.597. The van der Waals surface area contributed by atoms with Crippen LogP contribution < -0.4 is 0 Å². The number of hydrogen-bond donors (Lipinski definition) is 0. The van der Waals surface area contributed by atoms with Gasteiger partial charge in [0.2, 0.25) is 0 Å². The van der Waals surface area contributed by atoms with Crippen molar-refractivity contribution in [2.75, 3.05) is 6.61 Å². The fourth-order valence-corrected chi connectivity index (χ4v) is 4.11. The Labute approximate surface area is 137 Å². The van der Waals surface area contributed by atoms with E-state index in [4.69, 9.17) is 9.47 Å². The molecule has 0 bridgehead atoms. The molecule has 1 saturated heterocycles. The van der Waals surface area contributed by atoms with Gasteiger partial charge in [-0.15, -0.1) is 0 Å². The fourth-order valence-electron chi connectivity index (χ4n) is 4.11. The minimum atomic E-state index is 0.0538. The predicted molar refractivity (Wildman–Crippen MR) is 92.7 cm³/mol. The molecule has 4 unspecified atom stereocenters. The molecule has 1 aliphatic heterocycles. The van der Waals surface area contributed by atoms with Gasteiger partial charge < -0.3 is 9.47 Å². The van der Waals surface area contributed by atoms with E-state index in [1.165, 1.54) is 19.3 Å². The van der Waals surface area contributed by atoms with Crippen LogP contribution in [-0.4, -0.2) is 19.0 Å². The summed E-state index contributed by atoms with van der Waals surface area (Å²) in [4.78, 5) is 0. The Balaban J connectivity index is 1.96. The van der Waals surface area contributed by atoms with Crippen LogP contribution in [0.5, 0.6) is 0 Å². The minimum absolute atomic E-state index is 0.0538. The van der Waals surface area contributed by atoms with Crippen LogP contribution in [0.25, 0.3) is 0 Å². The summed E-state index contributed by atoms with van der Waals surface area (Å²) in [5, 5.41) is 0. The van der Waals surface area contributed by atoms with Crippen molar-refractivity contribution >= 4 is 0 Å². The van der Waals surface area contributed by atoms with Crippen LogP contribution in [0, 0.1) is 23.7 Å². The maximum absolute atomic E-state index is 6.27. The topological polar surface area (TPSA) is 18.5 Å². The summed E-state index contributed by atoms with van der Waals surface area (Å²) < 4.78 is 12.0. The lowest BCUT2D eigenvalue weighted by Crippen LogP contribution is -2.32. The average molecular weight is 309 g/mol. The molecule has 0 amide bonds. The lowest BCUT2D eigenvalue weighted by atomic mass is 9.71. The summed E-state index contributed by atoms with van der Waals surface area (Å²) >= 11 is 0. The Bertz CT molecular complexity index is 353. The summed E-state index contributed by atoms with van der Waals surface area (Å²) in [6.07, 6.45) is 9.87. The third kappa shape index (κ3) is 4.83. The Morgan fingerprint density at radius 1 is 1.05 bits per heavy atom. The third-order valence-corrected chi connectivity index (χ3v) is 5.61. The van der Waals surface area contributed by atoms with E-state index in [-0.39, 0.29) is 6.29 Å². The highest BCUT2D eigenvalue weighted by atomic mass is 16.7. The number of ether oxygens (including phenoxy) is 2. The van der Waals surface area contributed by atoms with Crippen LogP contribution in [-0.2, 0) is 9.47 Å². The van der Waals surface area contributed by atoms with Gasteiger partial charge >= 0.3 is 0 Å². The van der Waals surface area contributed by atoms with Crippen molar-refractivity contribution in [2.24, 2.45) is 23.7 Å². The molecule has 2 aliphatic rings. The lowest BCUT2D eigenvalue weighted by molar-refractivity contribution is -0.189. The van der Waals surface area contributed by atoms with Crippen molar-refractivity contribution in [3.8, 4) is 0 Å². The average Bonchev–Trinajstić information content (AvgIpc) is 2.48. The first-order valence-corrected chi connectivity index (χ1v) is 9.45. The molecular weight excluding hydrogens is 272 g/mol. The van der Waals surface area contributed by atoms with E-state index in [1.54, 1.807) is 5.57 Å². The predicted octanol–water partition coefficient (Wildman–Crippen LogP) is 5.57. The largest absolute Gasteiger partial charge is 0.353 e. The first-order valence-electron chi connectivity index (χ1n) is 9.45. The van der Waals surface area contributed by atoms with Crippen molar-refractivity contribution in [3.63, 3.8) is 0 Å². The molecule has 2 heteroatoms. The highest BCUT2D eigenvalue weighted by Crippen LogP contribution is 2.38. The molecule has 0 aromatic rings. The highest BCUT2D eigenvalue weighted by molar-refractivity contribution is 5.13. The maximum atomic E-state index is 6.27. The molecule has 2 nitrogen and oxygen atoms in total. The van der Waals surface area contributed by atoms with E-state index in [0.717, 1.165) is 37.7 Å². The second kappa shape index (κ2) is 8.49. The zero-order valence-electron chi connectivity index (χ0n) is 15.3. The van der Waals surface area contributed by atoms with Crippen molar-refractivity contribution in [3.05, 3.63) is 11.6 Å². The van der Waals surface area contributed by atoms with Gasteiger partial charge in [0.05, 0.1) is 6.10 Å². The third-order valence-electron chi connectivity index (χ3n) is 5.61.